The van der Waals surface area contributed by atoms with Gasteiger partial charge in [-0.15, -0.1) is 11.8 Å². The van der Waals surface area contributed by atoms with Gasteiger partial charge in [-0.2, -0.15) is 0 Å². The minimum atomic E-state index is -4.07. The van der Waals surface area contributed by atoms with Crippen LogP contribution in [0.1, 0.15) is 16.7 Å². The molecule has 1 heterocycles. The van der Waals surface area contributed by atoms with Crippen molar-refractivity contribution in [3.8, 4) is 11.1 Å². The number of nitrogens with zero attached hydrogens (tertiary/aromatic N) is 2. The molecule has 4 aromatic carbocycles. The van der Waals surface area contributed by atoms with Gasteiger partial charge in [0, 0.05) is 11.3 Å². The van der Waals surface area contributed by atoms with E-state index in [0.717, 1.165) is 22.3 Å². The summed E-state index contributed by atoms with van der Waals surface area (Å²) in [5, 5.41) is 3.22. The van der Waals surface area contributed by atoms with E-state index in [9.17, 15) is 18.0 Å². The molecule has 1 fully saturated rings. The van der Waals surface area contributed by atoms with Gasteiger partial charge in [0.15, 0.2) is 5.17 Å². The second-order valence-electron chi connectivity index (χ2n) is 9.45. The van der Waals surface area contributed by atoms with Crippen molar-refractivity contribution < 1.29 is 47.6 Å². The molecular weight excluding hydrogens is 610 g/mol. The normalized spacial score (nSPS) is 14.8. The standard InChI is InChI=1S/C32H27N3O4S3.Na/c1-21-3-17-28(18-4-21)42(38,39)35-30(36)20-23-7-13-26(14-8-23)33-32-34-31(37)29(41-32)19-22-5-9-24(10-6-22)25-11-15-27(40-2)16-12-25;/h3-19H,20H2,1-2H3,(H2,33,34,35,36,37);/q;+1/p-1. The summed E-state index contributed by atoms with van der Waals surface area (Å²) in [5.41, 5.74) is 5.22. The summed E-state index contributed by atoms with van der Waals surface area (Å²) in [6.45, 7) is 1.84. The van der Waals surface area contributed by atoms with E-state index in [1.54, 1.807) is 48.2 Å². The van der Waals surface area contributed by atoms with Crippen molar-refractivity contribution >= 4 is 62.3 Å². The quantitative estimate of drug-likeness (QED) is 0.178. The molecule has 0 spiro atoms. The van der Waals surface area contributed by atoms with Crippen LogP contribution in [-0.4, -0.2) is 31.7 Å². The summed E-state index contributed by atoms with van der Waals surface area (Å²) in [6.07, 6.45) is 3.71. The molecule has 4 aromatic rings. The Morgan fingerprint density at radius 1 is 0.907 bits per heavy atom. The first kappa shape index (κ1) is 32.8. The predicted octanol–water partition coefficient (Wildman–Crippen LogP) is 4.11. The molecule has 0 unspecified atom stereocenters. The molecule has 0 aromatic heterocycles. The molecule has 0 atom stereocenters. The van der Waals surface area contributed by atoms with E-state index < -0.39 is 15.9 Å². The fourth-order valence-electron chi connectivity index (χ4n) is 4.10. The number of carbonyl (C=O) groups excluding carboxylic acids is 2. The van der Waals surface area contributed by atoms with Gasteiger partial charge in [0.2, 0.25) is 0 Å². The number of amides is 2. The Labute approximate surface area is 282 Å². The Morgan fingerprint density at radius 2 is 1.51 bits per heavy atom. The van der Waals surface area contributed by atoms with Gasteiger partial charge in [0.1, 0.15) is 10.0 Å². The summed E-state index contributed by atoms with van der Waals surface area (Å²) < 4.78 is 28.2. The van der Waals surface area contributed by atoms with Crippen molar-refractivity contribution in [2.75, 3.05) is 6.26 Å². The molecule has 0 aliphatic carbocycles. The molecule has 212 valence electrons. The third-order valence-electron chi connectivity index (χ3n) is 6.35. The first-order valence-corrected chi connectivity index (χ1v) is 16.4. The Balaban J connectivity index is 0.00000423. The molecule has 0 radical (unpaired) electrons. The molecule has 0 bridgehead atoms. The Kier molecular flexibility index (Phi) is 11.1. The van der Waals surface area contributed by atoms with E-state index in [2.05, 4.69) is 45.6 Å². The van der Waals surface area contributed by atoms with E-state index in [1.807, 2.05) is 37.3 Å². The number of hydrogen-bond donors (Lipinski definition) is 1. The van der Waals surface area contributed by atoms with Crippen LogP contribution in [0.4, 0.5) is 5.69 Å². The third-order valence-corrected chi connectivity index (χ3v) is 9.31. The van der Waals surface area contributed by atoms with E-state index >= 15 is 0 Å². The number of carbonyl (C=O) groups is 2. The molecular formula is C32H26N3NaO4S3. The summed E-state index contributed by atoms with van der Waals surface area (Å²) in [6, 6.07) is 29.3. The number of benzene rings is 4. The van der Waals surface area contributed by atoms with Crippen LogP contribution in [0.5, 0.6) is 0 Å². The van der Waals surface area contributed by atoms with Gasteiger partial charge in [0.05, 0.1) is 21.4 Å². The Morgan fingerprint density at radius 3 is 2.12 bits per heavy atom. The van der Waals surface area contributed by atoms with Gasteiger partial charge in [-0.25, -0.2) is 13.4 Å². The van der Waals surface area contributed by atoms with Crippen molar-refractivity contribution in [2.45, 2.75) is 23.1 Å². The van der Waals surface area contributed by atoms with E-state index in [4.69, 9.17) is 0 Å². The van der Waals surface area contributed by atoms with Crippen molar-refractivity contribution in [2.24, 2.45) is 4.99 Å². The number of aryl methyl sites for hydroxylation is 1. The topological polar surface area (TPSA) is 107 Å². The van der Waals surface area contributed by atoms with Crippen LogP contribution < -0.4 is 34.9 Å². The SMILES string of the molecule is CSc1ccc(-c2ccc(C=C3SC(=Nc4ccc(CC(=O)[N-]S(=O)(=O)c5ccc(C)cc5)cc4)NC3=O)cc2)cc1.[Na+]. The number of aliphatic imine (C=N–C) groups is 1. The largest absolute Gasteiger partial charge is 1.00 e. The maximum Gasteiger partial charge on any atom is 1.00 e. The molecule has 11 heteroatoms. The first-order valence-electron chi connectivity index (χ1n) is 12.9. The number of rotatable bonds is 8. The predicted molar refractivity (Wildman–Crippen MR) is 171 cm³/mol. The van der Waals surface area contributed by atoms with Crippen LogP contribution in [0, 0.1) is 6.92 Å². The van der Waals surface area contributed by atoms with Crippen LogP contribution in [-0.2, 0) is 26.0 Å². The summed E-state index contributed by atoms with van der Waals surface area (Å²) in [7, 11) is -4.07. The van der Waals surface area contributed by atoms with E-state index in [0.29, 0.717) is 21.3 Å². The van der Waals surface area contributed by atoms with Gasteiger partial charge in [-0.3, -0.25) is 4.79 Å². The fraction of sp³-hybridized carbons (Fsp3) is 0.0938. The molecule has 1 aliphatic rings. The van der Waals surface area contributed by atoms with E-state index in [-0.39, 0.29) is 46.8 Å². The zero-order chi connectivity index (χ0) is 29.7. The number of hydrogen-bond acceptors (Lipinski definition) is 7. The van der Waals surface area contributed by atoms with Crippen LogP contribution >= 0.6 is 23.5 Å². The summed E-state index contributed by atoms with van der Waals surface area (Å²) in [4.78, 5) is 31.1. The summed E-state index contributed by atoms with van der Waals surface area (Å²) >= 11 is 2.95. The molecule has 5 rings (SSSR count). The van der Waals surface area contributed by atoms with Crippen LogP contribution in [0.2, 0.25) is 0 Å². The number of sulfonamides is 1. The van der Waals surface area contributed by atoms with Crippen molar-refractivity contribution in [3.63, 3.8) is 0 Å². The van der Waals surface area contributed by atoms with Crippen LogP contribution in [0.25, 0.3) is 21.9 Å². The second-order valence-corrected chi connectivity index (χ2v) is 13.0. The maximum absolute atomic E-state index is 12.6. The smallest absolute Gasteiger partial charge is 0.541 e. The maximum atomic E-state index is 12.6. The molecule has 1 saturated heterocycles. The Hall–Kier alpha value is -3.12. The summed E-state index contributed by atoms with van der Waals surface area (Å²) in [5.74, 6) is -0.987. The monoisotopic (exact) mass is 635 g/mol. The minimum absolute atomic E-state index is 0. The first-order chi connectivity index (χ1) is 20.2. The molecule has 0 saturated carbocycles. The minimum Gasteiger partial charge on any atom is -0.541 e. The van der Waals surface area contributed by atoms with E-state index in [1.165, 1.54) is 28.8 Å². The van der Waals surface area contributed by atoms with Crippen molar-refractivity contribution in [1.29, 1.82) is 0 Å². The van der Waals surface area contributed by atoms with Crippen molar-refractivity contribution in [3.05, 3.63) is 123 Å². The van der Waals surface area contributed by atoms with Gasteiger partial charge in [-0.1, -0.05) is 66.2 Å². The average Bonchev–Trinajstić information content (AvgIpc) is 3.32. The number of thioether (sulfide) groups is 2. The van der Waals surface area contributed by atoms with Gasteiger partial charge < -0.3 is 14.8 Å². The zero-order valence-corrected chi connectivity index (χ0v) is 28.2. The molecule has 2 amide bonds. The molecule has 7 nitrogen and oxygen atoms in total. The van der Waals surface area contributed by atoms with Gasteiger partial charge in [-0.05, 0) is 89.7 Å². The molecule has 1 N–H and O–H groups in total. The van der Waals surface area contributed by atoms with Gasteiger partial charge in [0.25, 0.3) is 5.91 Å². The Bertz CT molecular complexity index is 1790. The average molecular weight is 636 g/mol. The third kappa shape index (κ3) is 8.72. The second kappa shape index (κ2) is 14.6. The van der Waals surface area contributed by atoms with Crippen molar-refractivity contribution in [1.82, 2.24) is 5.32 Å². The molecule has 43 heavy (non-hydrogen) atoms. The molecule has 1 aliphatic heterocycles. The number of amidine groups is 1. The zero-order valence-electron chi connectivity index (χ0n) is 23.8. The van der Waals surface area contributed by atoms with Crippen LogP contribution in [0.3, 0.4) is 0 Å². The fourth-order valence-corrected chi connectivity index (χ4v) is 6.26. The van der Waals surface area contributed by atoms with Gasteiger partial charge >= 0.3 is 29.6 Å². The number of nitrogens with one attached hydrogen (secondary N) is 1. The van der Waals surface area contributed by atoms with Crippen LogP contribution in [0.15, 0.2) is 117 Å².